The normalized spacial score (nSPS) is 11.6. The molecular formula is C14H18N4O4. The Labute approximate surface area is 126 Å². The van der Waals surface area contributed by atoms with E-state index >= 15 is 0 Å². The molecule has 2 heterocycles. The van der Waals surface area contributed by atoms with E-state index in [-0.39, 0.29) is 17.5 Å². The number of carboxylic acids is 1. The second-order valence-corrected chi connectivity index (χ2v) is 5.63. The topological polar surface area (TPSA) is 108 Å². The zero-order valence-corrected chi connectivity index (χ0v) is 12.9. The van der Waals surface area contributed by atoms with Crippen molar-refractivity contribution in [1.29, 1.82) is 0 Å². The van der Waals surface area contributed by atoms with Gasteiger partial charge in [-0.05, 0) is 20.8 Å². The van der Waals surface area contributed by atoms with E-state index in [1.54, 1.807) is 19.2 Å². The van der Waals surface area contributed by atoms with Crippen LogP contribution in [0.2, 0.25) is 0 Å². The van der Waals surface area contributed by atoms with Gasteiger partial charge in [-0.2, -0.15) is 0 Å². The van der Waals surface area contributed by atoms with E-state index in [0.29, 0.717) is 11.3 Å². The first kappa shape index (κ1) is 15.7. The van der Waals surface area contributed by atoms with Crippen molar-refractivity contribution in [2.75, 3.05) is 7.05 Å². The van der Waals surface area contributed by atoms with E-state index in [0.717, 1.165) is 4.90 Å². The lowest BCUT2D eigenvalue weighted by Crippen LogP contribution is -2.51. The van der Waals surface area contributed by atoms with Crippen molar-refractivity contribution in [2.24, 2.45) is 0 Å². The van der Waals surface area contributed by atoms with Crippen LogP contribution in [0.25, 0.3) is 5.65 Å². The summed E-state index contributed by atoms with van der Waals surface area (Å²) in [6.45, 7) is 4.51. The van der Waals surface area contributed by atoms with Gasteiger partial charge in [-0.3, -0.25) is 14.7 Å². The average Bonchev–Trinajstić information content (AvgIpc) is 2.90. The second kappa shape index (κ2) is 5.28. The minimum Gasteiger partial charge on any atom is -0.480 e. The van der Waals surface area contributed by atoms with Gasteiger partial charge in [0.2, 0.25) is 5.91 Å². The summed E-state index contributed by atoms with van der Waals surface area (Å²) in [6.07, 6.45) is 1.38. The Bertz CT molecular complexity index is 803. The van der Waals surface area contributed by atoms with Crippen LogP contribution in [0.3, 0.4) is 0 Å². The Kier molecular flexibility index (Phi) is 3.78. The maximum Gasteiger partial charge on any atom is 0.329 e. The molecule has 2 rings (SSSR count). The highest BCUT2D eigenvalue weighted by Crippen LogP contribution is 2.14. The molecule has 0 aliphatic rings. The number of H-pyrrole nitrogens is 1. The number of aliphatic carboxylic acids is 1. The van der Waals surface area contributed by atoms with Gasteiger partial charge in [0.1, 0.15) is 5.54 Å². The molecule has 1 amide bonds. The van der Waals surface area contributed by atoms with Gasteiger partial charge in [-0.15, -0.1) is 0 Å². The highest BCUT2D eigenvalue weighted by molar-refractivity contribution is 5.87. The molecule has 0 bridgehead atoms. The number of nitrogens with zero attached hydrogens (tertiary/aromatic N) is 3. The van der Waals surface area contributed by atoms with Crippen LogP contribution >= 0.6 is 0 Å². The molecule has 0 saturated carbocycles. The summed E-state index contributed by atoms with van der Waals surface area (Å²) in [6, 6.07) is 1.65. The number of hydrogen-bond donors (Lipinski definition) is 2. The summed E-state index contributed by atoms with van der Waals surface area (Å²) in [4.78, 5) is 41.3. The van der Waals surface area contributed by atoms with Crippen LogP contribution in [0.4, 0.5) is 0 Å². The van der Waals surface area contributed by atoms with E-state index in [1.807, 2.05) is 0 Å². The van der Waals surface area contributed by atoms with Crippen LogP contribution in [0.5, 0.6) is 0 Å². The lowest BCUT2D eigenvalue weighted by molar-refractivity contribution is -0.155. The smallest absolute Gasteiger partial charge is 0.329 e. The summed E-state index contributed by atoms with van der Waals surface area (Å²) in [7, 11) is 1.41. The van der Waals surface area contributed by atoms with Crippen molar-refractivity contribution in [1.82, 2.24) is 19.5 Å². The van der Waals surface area contributed by atoms with Crippen LogP contribution < -0.4 is 5.56 Å². The van der Waals surface area contributed by atoms with Crippen LogP contribution in [0.15, 0.2) is 17.1 Å². The van der Waals surface area contributed by atoms with Crippen molar-refractivity contribution in [3.63, 3.8) is 0 Å². The first-order valence-corrected chi connectivity index (χ1v) is 6.72. The Balaban J connectivity index is 2.37. The van der Waals surface area contributed by atoms with E-state index in [1.165, 1.54) is 25.4 Å². The third kappa shape index (κ3) is 2.47. The predicted octanol–water partition coefficient (Wildman–Crippen LogP) is 0.195. The van der Waals surface area contributed by atoms with Gasteiger partial charge in [0, 0.05) is 30.6 Å². The molecule has 0 aromatic carbocycles. The van der Waals surface area contributed by atoms with Crippen LogP contribution in [0, 0.1) is 6.92 Å². The fourth-order valence-electron chi connectivity index (χ4n) is 2.03. The maximum atomic E-state index is 12.4. The van der Waals surface area contributed by atoms with Gasteiger partial charge < -0.3 is 10.0 Å². The summed E-state index contributed by atoms with van der Waals surface area (Å²) >= 11 is 0. The number of aromatic amines is 1. The van der Waals surface area contributed by atoms with Crippen LogP contribution in [0.1, 0.15) is 25.1 Å². The van der Waals surface area contributed by atoms with Gasteiger partial charge in [0.15, 0.2) is 5.65 Å². The number of amides is 1. The zero-order chi connectivity index (χ0) is 16.7. The summed E-state index contributed by atoms with van der Waals surface area (Å²) < 4.78 is 1.25. The number of carbonyl (C=O) groups excluding carboxylic acids is 1. The number of rotatable bonds is 4. The maximum absolute atomic E-state index is 12.4. The zero-order valence-electron chi connectivity index (χ0n) is 12.9. The van der Waals surface area contributed by atoms with Gasteiger partial charge in [0.05, 0.1) is 6.42 Å². The van der Waals surface area contributed by atoms with Crippen LogP contribution in [-0.2, 0) is 16.0 Å². The highest BCUT2D eigenvalue weighted by Gasteiger charge is 2.35. The molecule has 0 atom stereocenters. The minimum atomic E-state index is -1.36. The number of carboxylic acid groups (broad SMARTS) is 1. The number of aromatic nitrogens is 3. The number of likely N-dealkylation sites (N-methyl/N-ethyl adjacent to an activating group) is 1. The van der Waals surface area contributed by atoms with E-state index in [4.69, 9.17) is 0 Å². The summed E-state index contributed by atoms with van der Waals surface area (Å²) in [5.41, 5.74) is -0.539. The summed E-state index contributed by atoms with van der Waals surface area (Å²) in [5.74, 6) is -1.57. The largest absolute Gasteiger partial charge is 0.480 e. The lowest BCUT2D eigenvalue weighted by atomic mass is 10.0. The Hall–Kier alpha value is -2.64. The van der Waals surface area contributed by atoms with Crippen molar-refractivity contribution < 1.29 is 14.7 Å². The minimum absolute atomic E-state index is 0.202. The fraction of sp³-hybridized carbons (Fsp3) is 0.429. The third-order valence-electron chi connectivity index (χ3n) is 3.91. The van der Waals surface area contributed by atoms with Gasteiger partial charge in [0.25, 0.3) is 5.56 Å². The fourth-order valence-corrected chi connectivity index (χ4v) is 2.03. The molecule has 118 valence electrons. The molecule has 0 spiro atoms. The van der Waals surface area contributed by atoms with E-state index in [2.05, 4.69) is 10.1 Å². The molecular weight excluding hydrogens is 288 g/mol. The van der Waals surface area contributed by atoms with Gasteiger partial charge in [-0.25, -0.2) is 14.3 Å². The Morgan fingerprint density at radius 3 is 2.68 bits per heavy atom. The molecule has 8 nitrogen and oxygen atoms in total. The molecule has 22 heavy (non-hydrogen) atoms. The standard InChI is InChI=1S/C14H18N4O4/c1-8-9(12(20)18-10(16-8)5-6-15-18)7-11(19)17(4)14(2,3)13(21)22/h5-6,15H,7H2,1-4H3,(H,21,22). The SMILES string of the molecule is Cc1nc2cc[nH]n2c(=O)c1CC(=O)N(C)C(C)(C)C(=O)O. The second-order valence-electron chi connectivity index (χ2n) is 5.63. The van der Waals surface area contributed by atoms with Crippen molar-refractivity contribution in [2.45, 2.75) is 32.7 Å². The molecule has 0 radical (unpaired) electrons. The molecule has 0 aliphatic carbocycles. The quantitative estimate of drug-likeness (QED) is 0.838. The number of hydrogen-bond acceptors (Lipinski definition) is 4. The monoisotopic (exact) mass is 306 g/mol. The van der Waals surface area contributed by atoms with E-state index in [9.17, 15) is 19.5 Å². The summed E-state index contributed by atoms with van der Waals surface area (Å²) in [5, 5.41) is 11.9. The van der Waals surface area contributed by atoms with E-state index < -0.39 is 17.4 Å². The number of fused-ring (bicyclic) bond motifs is 1. The van der Waals surface area contributed by atoms with Crippen LogP contribution in [-0.4, -0.2) is 49.1 Å². The molecule has 2 aromatic heterocycles. The molecule has 0 aliphatic heterocycles. The molecule has 8 heteroatoms. The molecule has 2 aromatic rings. The first-order chi connectivity index (χ1) is 10.2. The third-order valence-corrected chi connectivity index (χ3v) is 3.91. The number of aryl methyl sites for hydroxylation is 1. The first-order valence-electron chi connectivity index (χ1n) is 6.72. The van der Waals surface area contributed by atoms with Crippen molar-refractivity contribution in [3.05, 3.63) is 33.9 Å². The average molecular weight is 306 g/mol. The van der Waals surface area contributed by atoms with Gasteiger partial charge in [-0.1, -0.05) is 0 Å². The predicted molar refractivity (Wildman–Crippen MR) is 78.7 cm³/mol. The van der Waals surface area contributed by atoms with Crippen molar-refractivity contribution >= 4 is 17.5 Å². The molecule has 2 N–H and O–H groups in total. The molecule has 0 fully saturated rings. The van der Waals surface area contributed by atoms with Crippen molar-refractivity contribution in [3.8, 4) is 0 Å². The lowest BCUT2D eigenvalue weighted by Gasteiger charge is -2.31. The highest BCUT2D eigenvalue weighted by atomic mass is 16.4. The number of carbonyl (C=O) groups is 2. The molecule has 0 unspecified atom stereocenters. The Morgan fingerprint density at radius 1 is 1.45 bits per heavy atom. The van der Waals surface area contributed by atoms with Gasteiger partial charge >= 0.3 is 5.97 Å². The Morgan fingerprint density at radius 2 is 2.09 bits per heavy atom. The molecule has 0 saturated heterocycles. The number of nitrogens with one attached hydrogen (secondary N) is 1.